The monoisotopic (exact) mass is 581 g/mol. The number of hydrogen-bond acceptors (Lipinski definition) is 4. The zero-order chi connectivity index (χ0) is 30.5. The van der Waals surface area contributed by atoms with Crippen LogP contribution >= 0.6 is 0 Å². The molecule has 6 rings (SSSR count). The average Bonchev–Trinajstić information content (AvgIpc) is 3.71. The number of nitriles is 1. The van der Waals surface area contributed by atoms with Crippen molar-refractivity contribution in [1.29, 1.82) is 5.26 Å². The number of amides is 2. The van der Waals surface area contributed by atoms with E-state index >= 15 is 0 Å². The molecule has 0 radical (unpaired) electrons. The first-order chi connectivity index (χ1) is 21.5. The van der Waals surface area contributed by atoms with E-state index in [2.05, 4.69) is 35.7 Å². The van der Waals surface area contributed by atoms with Gasteiger partial charge in [-0.2, -0.15) is 5.26 Å². The van der Waals surface area contributed by atoms with Crippen molar-refractivity contribution in [3.8, 4) is 6.07 Å². The van der Waals surface area contributed by atoms with Crippen molar-refractivity contribution >= 4 is 34.5 Å². The Kier molecular flexibility index (Phi) is 8.51. The minimum Gasteiger partial charge on any atom is -0.315 e. The lowest BCUT2D eigenvalue weighted by atomic mass is 9.91. The standard InChI is InChI=1S/C37H35N5O2/c1-41(35(43)22-26-10-8-9-11-26)31-20-21-34-33(23-31)39-37(40-36(44)30-18-16-27(24-38)17-19-30)42(34)25-32(28-12-4-2-5-13-28)29-14-6-3-7-15-29/h2-7,12-21,23,26,32H,8-11,22,25H2,1H3,(H,39,40,44). The first-order valence-corrected chi connectivity index (χ1v) is 15.2. The maximum Gasteiger partial charge on any atom is 0.257 e. The second-order valence-electron chi connectivity index (χ2n) is 11.5. The topological polar surface area (TPSA) is 91.0 Å². The molecule has 7 nitrogen and oxygen atoms in total. The van der Waals surface area contributed by atoms with Gasteiger partial charge in [0.05, 0.1) is 22.7 Å². The molecule has 1 aliphatic carbocycles. The van der Waals surface area contributed by atoms with E-state index in [4.69, 9.17) is 10.2 Å². The van der Waals surface area contributed by atoms with Gasteiger partial charge in [0.15, 0.2) is 0 Å². The number of carbonyl (C=O) groups is 2. The number of hydrogen-bond donors (Lipinski definition) is 1. The lowest BCUT2D eigenvalue weighted by molar-refractivity contribution is -0.119. The first kappa shape index (κ1) is 28.9. The molecule has 1 N–H and O–H groups in total. The van der Waals surface area contributed by atoms with Crippen molar-refractivity contribution in [2.75, 3.05) is 17.3 Å². The summed E-state index contributed by atoms with van der Waals surface area (Å²) in [6, 6.07) is 35.1. The third kappa shape index (κ3) is 6.25. The summed E-state index contributed by atoms with van der Waals surface area (Å²) in [6.07, 6.45) is 5.21. The number of benzene rings is 4. The highest BCUT2D eigenvalue weighted by atomic mass is 16.2. The van der Waals surface area contributed by atoms with Crippen LogP contribution in [0.5, 0.6) is 0 Å². The zero-order valence-electron chi connectivity index (χ0n) is 24.8. The fourth-order valence-electron chi connectivity index (χ4n) is 6.18. The first-order valence-electron chi connectivity index (χ1n) is 15.2. The molecule has 1 aromatic heterocycles. The number of nitrogens with one attached hydrogen (secondary N) is 1. The van der Waals surface area contributed by atoms with Crippen LogP contribution < -0.4 is 10.2 Å². The number of nitrogens with zero attached hydrogens (tertiary/aromatic N) is 4. The van der Waals surface area contributed by atoms with E-state index in [9.17, 15) is 9.59 Å². The fourth-order valence-corrected chi connectivity index (χ4v) is 6.18. The number of aromatic nitrogens is 2. The van der Waals surface area contributed by atoms with Crippen molar-refractivity contribution in [3.63, 3.8) is 0 Å². The molecule has 7 heteroatoms. The molecule has 1 heterocycles. The van der Waals surface area contributed by atoms with Gasteiger partial charge in [0.1, 0.15) is 0 Å². The molecule has 0 bridgehead atoms. The van der Waals surface area contributed by atoms with Crippen molar-refractivity contribution in [2.45, 2.75) is 44.6 Å². The van der Waals surface area contributed by atoms with Gasteiger partial charge in [0, 0.05) is 37.2 Å². The number of carbonyl (C=O) groups excluding carboxylic acids is 2. The largest absolute Gasteiger partial charge is 0.315 e. The number of fused-ring (bicyclic) bond motifs is 1. The van der Waals surface area contributed by atoms with Gasteiger partial charge in [-0.3, -0.25) is 14.9 Å². The van der Waals surface area contributed by atoms with Gasteiger partial charge in [-0.1, -0.05) is 73.5 Å². The summed E-state index contributed by atoms with van der Waals surface area (Å²) in [5.41, 5.74) is 5.55. The van der Waals surface area contributed by atoms with Crippen LogP contribution in [0.3, 0.4) is 0 Å². The molecule has 2 amide bonds. The van der Waals surface area contributed by atoms with Gasteiger partial charge in [-0.05, 0) is 72.4 Å². The minimum atomic E-state index is -0.314. The van der Waals surface area contributed by atoms with Crippen molar-refractivity contribution in [1.82, 2.24) is 9.55 Å². The molecule has 220 valence electrons. The zero-order valence-corrected chi connectivity index (χ0v) is 24.8. The van der Waals surface area contributed by atoms with Crippen LogP contribution in [0.2, 0.25) is 0 Å². The molecule has 4 aromatic carbocycles. The highest BCUT2D eigenvalue weighted by Crippen LogP contribution is 2.33. The van der Waals surface area contributed by atoms with E-state index in [1.54, 1.807) is 29.2 Å². The third-order valence-corrected chi connectivity index (χ3v) is 8.70. The second-order valence-corrected chi connectivity index (χ2v) is 11.5. The number of rotatable bonds is 9. The smallest absolute Gasteiger partial charge is 0.257 e. The van der Waals surface area contributed by atoms with Crippen molar-refractivity contribution in [2.24, 2.45) is 5.92 Å². The Balaban J connectivity index is 1.38. The van der Waals surface area contributed by atoms with Crippen LogP contribution in [-0.2, 0) is 11.3 Å². The summed E-state index contributed by atoms with van der Waals surface area (Å²) in [5, 5.41) is 12.2. The van der Waals surface area contributed by atoms with E-state index in [-0.39, 0.29) is 17.7 Å². The van der Waals surface area contributed by atoms with Crippen LogP contribution in [0, 0.1) is 17.2 Å². The molecule has 0 saturated heterocycles. The molecular formula is C37H35N5O2. The molecule has 0 spiro atoms. The highest BCUT2D eigenvalue weighted by Gasteiger charge is 2.24. The molecule has 1 fully saturated rings. The SMILES string of the molecule is CN(C(=O)CC1CCCC1)c1ccc2c(c1)nc(NC(=O)c1ccc(C#N)cc1)n2CC(c1ccccc1)c1ccccc1. The Hall–Kier alpha value is -5.22. The van der Waals surface area contributed by atoms with Crippen LogP contribution in [0.15, 0.2) is 103 Å². The average molecular weight is 582 g/mol. The molecule has 44 heavy (non-hydrogen) atoms. The molecule has 0 atom stereocenters. The van der Waals surface area contributed by atoms with E-state index in [0.29, 0.717) is 41.5 Å². The summed E-state index contributed by atoms with van der Waals surface area (Å²) in [5.74, 6) is 0.674. The van der Waals surface area contributed by atoms with Gasteiger partial charge >= 0.3 is 0 Å². The van der Waals surface area contributed by atoms with Gasteiger partial charge in [-0.15, -0.1) is 0 Å². The molecular weight excluding hydrogens is 546 g/mol. The number of imidazole rings is 1. The third-order valence-electron chi connectivity index (χ3n) is 8.70. The van der Waals surface area contributed by atoms with Gasteiger partial charge in [0.25, 0.3) is 5.91 Å². The molecule has 0 unspecified atom stereocenters. The van der Waals surface area contributed by atoms with E-state index in [1.807, 2.05) is 66.2 Å². The Morgan fingerprint density at radius 3 is 2.18 bits per heavy atom. The predicted molar refractivity (Wildman–Crippen MR) is 174 cm³/mol. The number of anilines is 2. The van der Waals surface area contributed by atoms with Gasteiger partial charge in [0.2, 0.25) is 11.9 Å². The highest BCUT2D eigenvalue weighted by molar-refractivity contribution is 6.04. The molecule has 1 aliphatic rings. The molecule has 0 aliphatic heterocycles. The summed E-state index contributed by atoms with van der Waals surface area (Å²) in [4.78, 5) is 33.2. The summed E-state index contributed by atoms with van der Waals surface area (Å²) in [7, 11) is 1.82. The normalized spacial score (nSPS) is 13.2. The minimum absolute atomic E-state index is 0.00398. The van der Waals surface area contributed by atoms with Crippen LogP contribution in [0.25, 0.3) is 11.0 Å². The lowest BCUT2D eigenvalue weighted by Gasteiger charge is -2.21. The van der Waals surface area contributed by atoms with E-state index < -0.39 is 0 Å². The second kappa shape index (κ2) is 13.0. The maximum atomic E-state index is 13.4. The van der Waals surface area contributed by atoms with Gasteiger partial charge < -0.3 is 9.47 Å². The van der Waals surface area contributed by atoms with Crippen molar-refractivity contribution < 1.29 is 9.59 Å². The van der Waals surface area contributed by atoms with Crippen LogP contribution in [0.1, 0.15) is 65.1 Å². The Morgan fingerprint density at radius 1 is 0.932 bits per heavy atom. The van der Waals surface area contributed by atoms with Crippen molar-refractivity contribution in [3.05, 3.63) is 125 Å². The quantitative estimate of drug-likeness (QED) is 0.195. The van der Waals surface area contributed by atoms with Crippen LogP contribution in [-0.4, -0.2) is 28.4 Å². The lowest BCUT2D eigenvalue weighted by Crippen LogP contribution is -2.27. The van der Waals surface area contributed by atoms with E-state index in [0.717, 1.165) is 35.2 Å². The fraction of sp³-hybridized carbons (Fsp3) is 0.243. The van der Waals surface area contributed by atoms with Crippen LogP contribution in [0.4, 0.5) is 11.6 Å². The predicted octanol–water partition coefficient (Wildman–Crippen LogP) is 7.54. The maximum absolute atomic E-state index is 13.4. The van der Waals surface area contributed by atoms with E-state index in [1.165, 1.54) is 12.8 Å². The Labute approximate surface area is 257 Å². The Bertz CT molecular complexity index is 1760. The summed E-state index contributed by atoms with van der Waals surface area (Å²) >= 11 is 0. The molecule has 5 aromatic rings. The summed E-state index contributed by atoms with van der Waals surface area (Å²) in [6.45, 7) is 0.531. The Morgan fingerprint density at radius 2 is 1.57 bits per heavy atom. The van der Waals surface area contributed by atoms with Gasteiger partial charge in [-0.25, -0.2) is 4.98 Å². The summed E-state index contributed by atoms with van der Waals surface area (Å²) < 4.78 is 2.05. The molecule has 1 saturated carbocycles.